The molecule has 1 aliphatic heterocycles. The number of benzene rings is 2. The summed E-state index contributed by atoms with van der Waals surface area (Å²) < 4.78 is 34.7. The van der Waals surface area contributed by atoms with E-state index in [-0.39, 0.29) is 24.3 Å². The van der Waals surface area contributed by atoms with Gasteiger partial charge in [-0.15, -0.1) is 0 Å². The molecule has 0 spiro atoms. The number of likely N-dealkylation sites (tertiary alicyclic amines) is 1. The van der Waals surface area contributed by atoms with Gasteiger partial charge in [-0.2, -0.15) is 4.39 Å². The Balaban J connectivity index is 1.44. The molecular formula is C28H24F2N4O2. The van der Waals surface area contributed by atoms with E-state index in [0.29, 0.717) is 6.54 Å². The summed E-state index contributed by atoms with van der Waals surface area (Å²) in [6.07, 6.45) is 8.08. The Kier molecular flexibility index (Phi) is 6.63. The first-order valence-corrected chi connectivity index (χ1v) is 11.8. The van der Waals surface area contributed by atoms with Crippen molar-refractivity contribution in [2.75, 3.05) is 6.54 Å². The highest BCUT2D eigenvalue weighted by Gasteiger charge is 2.31. The predicted molar refractivity (Wildman–Crippen MR) is 131 cm³/mol. The molecule has 1 atom stereocenters. The molecule has 36 heavy (non-hydrogen) atoms. The third-order valence-electron chi connectivity index (χ3n) is 6.31. The molecule has 0 unspecified atom stereocenters. The molecule has 0 saturated carbocycles. The van der Waals surface area contributed by atoms with Gasteiger partial charge in [0.2, 0.25) is 5.82 Å². The number of fused-ring (bicyclic) bond motifs is 1. The van der Waals surface area contributed by atoms with Crippen LogP contribution in [0, 0.1) is 23.5 Å². The van der Waals surface area contributed by atoms with E-state index in [0.717, 1.165) is 53.5 Å². The van der Waals surface area contributed by atoms with Crippen LogP contribution in [-0.4, -0.2) is 31.7 Å². The van der Waals surface area contributed by atoms with Crippen molar-refractivity contribution >= 4 is 11.4 Å². The number of hydrogen-bond donors (Lipinski definition) is 0. The molecule has 6 nitrogen and oxygen atoms in total. The number of ether oxygens (including phenoxy) is 1. The summed E-state index contributed by atoms with van der Waals surface area (Å²) in [5.74, 6) is 3.89. The maximum atomic E-state index is 13.9. The first-order valence-electron chi connectivity index (χ1n) is 11.8. The minimum atomic E-state index is -1.00. The zero-order valence-electron chi connectivity index (χ0n) is 19.7. The summed E-state index contributed by atoms with van der Waals surface area (Å²) >= 11 is 0. The summed E-state index contributed by atoms with van der Waals surface area (Å²) in [7, 11) is 0. The topological polar surface area (TPSA) is 59.7 Å². The first kappa shape index (κ1) is 23.5. The van der Waals surface area contributed by atoms with Gasteiger partial charge < -0.3 is 9.64 Å². The number of aromatic nitrogens is 3. The summed E-state index contributed by atoms with van der Waals surface area (Å²) in [4.78, 5) is 23.8. The molecule has 182 valence electrons. The fourth-order valence-electron chi connectivity index (χ4n) is 4.55. The van der Waals surface area contributed by atoms with Crippen molar-refractivity contribution in [3.05, 3.63) is 84.1 Å². The van der Waals surface area contributed by atoms with Gasteiger partial charge in [-0.25, -0.2) is 9.37 Å². The lowest BCUT2D eigenvalue weighted by Crippen LogP contribution is -2.38. The summed E-state index contributed by atoms with van der Waals surface area (Å²) in [6, 6.07) is 11.2. The standard InChI is InChI=1S/C28H24F2N4O2/c1-2-6-25(35)33-15-4-3-8-22(33)28-32-27(23-17-31-14-16-34(23)28)20-12-10-19(11-13-20)18-36-24-9-5-7-21(29)26(24)30/h5,7,9-14,16-17,22H,3-4,8,15,18H2,1H3/t22-/m0/s1. The van der Waals surface area contributed by atoms with Crippen molar-refractivity contribution in [1.82, 2.24) is 19.3 Å². The second-order valence-electron chi connectivity index (χ2n) is 8.57. The number of piperidine rings is 1. The van der Waals surface area contributed by atoms with Crippen LogP contribution in [0.15, 0.2) is 61.1 Å². The second kappa shape index (κ2) is 10.2. The molecule has 1 saturated heterocycles. The van der Waals surface area contributed by atoms with Crippen LogP contribution < -0.4 is 4.74 Å². The van der Waals surface area contributed by atoms with E-state index < -0.39 is 11.6 Å². The van der Waals surface area contributed by atoms with Crippen molar-refractivity contribution in [3.63, 3.8) is 0 Å². The lowest BCUT2D eigenvalue weighted by atomic mass is 10.0. The first-order chi connectivity index (χ1) is 17.6. The summed E-state index contributed by atoms with van der Waals surface area (Å²) in [6.45, 7) is 2.40. The average molecular weight is 487 g/mol. The van der Waals surface area contributed by atoms with Crippen LogP contribution in [0.5, 0.6) is 5.75 Å². The number of amides is 1. The zero-order chi connectivity index (χ0) is 25.1. The number of carbonyl (C=O) groups excluding carboxylic acids is 1. The number of nitrogens with zero attached hydrogens (tertiary/aromatic N) is 4. The van der Waals surface area contributed by atoms with Gasteiger partial charge in [0.25, 0.3) is 5.91 Å². The van der Waals surface area contributed by atoms with Crippen LogP contribution in [-0.2, 0) is 11.4 Å². The molecule has 0 radical (unpaired) electrons. The van der Waals surface area contributed by atoms with Gasteiger partial charge in [-0.3, -0.25) is 14.2 Å². The summed E-state index contributed by atoms with van der Waals surface area (Å²) in [5.41, 5.74) is 3.25. The van der Waals surface area contributed by atoms with E-state index in [1.807, 2.05) is 39.8 Å². The second-order valence-corrected chi connectivity index (χ2v) is 8.57. The van der Waals surface area contributed by atoms with Gasteiger partial charge in [0.05, 0.1) is 23.4 Å². The number of rotatable bonds is 5. The maximum Gasteiger partial charge on any atom is 0.299 e. The molecule has 0 N–H and O–H groups in total. The predicted octanol–water partition coefficient (Wildman–Crippen LogP) is 5.33. The van der Waals surface area contributed by atoms with Gasteiger partial charge in [0.1, 0.15) is 12.4 Å². The number of hydrogen-bond acceptors (Lipinski definition) is 4. The molecule has 3 heterocycles. The minimum Gasteiger partial charge on any atom is -0.486 e. The van der Waals surface area contributed by atoms with E-state index in [2.05, 4.69) is 16.8 Å². The molecule has 8 heteroatoms. The van der Waals surface area contributed by atoms with Crippen LogP contribution in [0.4, 0.5) is 8.78 Å². The molecule has 0 bridgehead atoms. The van der Waals surface area contributed by atoms with Gasteiger partial charge >= 0.3 is 0 Å². The third-order valence-corrected chi connectivity index (χ3v) is 6.31. The highest BCUT2D eigenvalue weighted by molar-refractivity contribution is 5.93. The highest BCUT2D eigenvalue weighted by Crippen LogP contribution is 2.34. The fraction of sp³-hybridized carbons (Fsp3) is 0.250. The molecule has 1 fully saturated rings. The minimum absolute atomic E-state index is 0.0923. The quantitative estimate of drug-likeness (QED) is 0.358. The Morgan fingerprint density at radius 3 is 2.81 bits per heavy atom. The molecule has 1 aliphatic rings. The maximum absolute atomic E-state index is 13.9. The molecule has 4 aromatic rings. The summed E-state index contributed by atoms with van der Waals surface area (Å²) in [5, 5.41) is 0. The Labute approximate surface area is 207 Å². The van der Waals surface area contributed by atoms with E-state index >= 15 is 0 Å². The van der Waals surface area contributed by atoms with Crippen molar-refractivity contribution in [2.24, 2.45) is 0 Å². The van der Waals surface area contributed by atoms with Gasteiger partial charge in [-0.05, 0) is 49.8 Å². The van der Waals surface area contributed by atoms with Crippen molar-refractivity contribution < 1.29 is 18.3 Å². The Morgan fingerprint density at radius 1 is 1.17 bits per heavy atom. The van der Waals surface area contributed by atoms with Gasteiger partial charge in [-0.1, -0.05) is 36.3 Å². The highest BCUT2D eigenvalue weighted by atomic mass is 19.2. The normalized spacial score (nSPS) is 15.4. The number of imidazole rings is 1. The SMILES string of the molecule is CC#CC(=O)N1CCCC[C@H]1c1nc(-c2ccc(COc3cccc(F)c3F)cc2)c2cnccn12. The van der Waals surface area contributed by atoms with Crippen LogP contribution in [0.1, 0.15) is 43.6 Å². The molecule has 2 aromatic carbocycles. The molecular weight excluding hydrogens is 462 g/mol. The van der Waals surface area contributed by atoms with Crippen molar-refractivity contribution in [2.45, 2.75) is 38.8 Å². The van der Waals surface area contributed by atoms with Crippen LogP contribution in [0.25, 0.3) is 16.8 Å². The van der Waals surface area contributed by atoms with Gasteiger partial charge in [0.15, 0.2) is 11.6 Å². The zero-order valence-corrected chi connectivity index (χ0v) is 19.7. The lowest BCUT2D eigenvalue weighted by molar-refractivity contribution is -0.129. The Hall–Kier alpha value is -4.25. The average Bonchev–Trinajstić information content (AvgIpc) is 3.29. The lowest BCUT2D eigenvalue weighted by Gasteiger charge is -2.33. The number of carbonyl (C=O) groups is 1. The van der Waals surface area contributed by atoms with Crippen LogP contribution in [0.3, 0.4) is 0 Å². The molecule has 2 aromatic heterocycles. The van der Waals surface area contributed by atoms with Crippen molar-refractivity contribution in [1.29, 1.82) is 0 Å². The van der Waals surface area contributed by atoms with Crippen molar-refractivity contribution in [3.8, 4) is 28.8 Å². The number of halogens is 2. The van der Waals surface area contributed by atoms with Crippen LogP contribution in [0.2, 0.25) is 0 Å². The Bertz CT molecular complexity index is 1470. The third kappa shape index (κ3) is 4.52. The van der Waals surface area contributed by atoms with E-state index in [9.17, 15) is 13.6 Å². The van der Waals surface area contributed by atoms with E-state index in [1.54, 1.807) is 19.3 Å². The smallest absolute Gasteiger partial charge is 0.299 e. The molecule has 1 amide bonds. The monoisotopic (exact) mass is 486 g/mol. The van der Waals surface area contributed by atoms with Gasteiger partial charge in [0, 0.05) is 24.5 Å². The molecule has 0 aliphatic carbocycles. The fourth-order valence-corrected chi connectivity index (χ4v) is 4.55. The largest absolute Gasteiger partial charge is 0.486 e. The Morgan fingerprint density at radius 2 is 2.00 bits per heavy atom. The van der Waals surface area contributed by atoms with Crippen LogP contribution >= 0.6 is 0 Å². The molecule has 5 rings (SSSR count). The van der Waals surface area contributed by atoms with E-state index in [4.69, 9.17) is 9.72 Å². The van der Waals surface area contributed by atoms with E-state index in [1.165, 1.54) is 12.1 Å².